The molecule has 0 aliphatic carbocycles. The summed E-state index contributed by atoms with van der Waals surface area (Å²) in [6.07, 6.45) is 1.75. The Hall–Kier alpha value is -3.59. The number of amides is 2. The minimum absolute atomic E-state index is 0.0763. The number of nitrogens with one attached hydrogen (secondary N) is 1. The number of methoxy groups -OCH3 is 1. The van der Waals surface area contributed by atoms with Crippen molar-refractivity contribution in [2.75, 3.05) is 26.9 Å². The number of nitrogens with zero attached hydrogens (tertiary/aromatic N) is 2. The van der Waals surface area contributed by atoms with E-state index < -0.39 is 11.6 Å². The van der Waals surface area contributed by atoms with Crippen molar-refractivity contribution in [1.29, 1.82) is 0 Å². The zero-order chi connectivity index (χ0) is 27.7. The minimum Gasteiger partial charge on any atom is -0.493 e. The van der Waals surface area contributed by atoms with E-state index in [2.05, 4.69) is 12.2 Å². The molecule has 0 aromatic heterocycles. The predicted octanol–water partition coefficient (Wildman–Crippen LogP) is 3.99. The van der Waals surface area contributed by atoms with E-state index in [1.807, 2.05) is 44.2 Å². The number of hydrogen-bond donors (Lipinski definition) is 2. The number of carbonyl (C=O) groups excluding carboxylic acids is 2. The smallest absolute Gasteiger partial charge is 0.251 e. The second-order valence-electron chi connectivity index (χ2n) is 10.8. The molecule has 39 heavy (non-hydrogen) atoms. The molecule has 3 aliphatic heterocycles. The van der Waals surface area contributed by atoms with E-state index in [1.165, 1.54) is 0 Å². The van der Waals surface area contributed by atoms with Gasteiger partial charge >= 0.3 is 0 Å². The number of rotatable bonds is 7. The molecule has 2 aromatic carbocycles. The van der Waals surface area contributed by atoms with Crippen LogP contribution in [0.25, 0.3) is 0 Å². The van der Waals surface area contributed by atoms with Crippen molar-refractivity contribution in [3.05, 3.63) is 59.2 Å². The molecule has 9 heteroatoms. The number of aliphatic imine (C=N–C) groups is 1. The van der Waals surface area contributed by atoms with Crippen LogP contribution >= 0.6 is 0 Å². The molecule has 9 nitrogen and oxygen atoms in total. The molecule has 3 N–H and O–H groups in total. The number of nitrogens with two attached hydrogens (primary N) is 1. The Morgan fingerprint density at radius 3 is 2.56 bits per heavy atom. The molecule has 0 radical (unpaired) electrons. The van der Waals surface area contributed by atoms with Gasteiger partial charge in [-0.2, -0.15) is 0 Å². The Kier molecular flexibility index (Phi) is 7.53. The Morgan fingerprint density at radius 2 is 1.85 bits per heavy atom. The van der Waals surface area contributed by atoms with Gasteiger partial charge in [0.05, 0.1) is 43.9 Å². The van der Waals surface area contributed by atoms with Crippen molar-refractivity contribution < 1.29 is 23.8 Å². The summed E-state index contributed by atoms with van der Waals surface area (Å²) in [5, 5.41) is 3.21. The van der Waals surface area contributed by atoms with Gasteiger partial charge in [-0.1, -0.05) is 39.0 Å². The summed E-state index contributed by atoms with van der Waals surface area (Å²) in [5.41, 5.74) is 8.19. The first kappa shape index (κ1) is 27.0. The standard InChI is InChI=1S/C30H38N4O5/c1-5-30(6-2)14-25(35)34(29(31)33-30)27-20(16-37-4)17-39-24-12-11-19(13-22(24)27)28(36)32-26-18(3)15-38-23-10-8-7-9-21(23)26/h7-13,18,20,26-27H,5-6,14-17H2,1-4H3,(H2,31,33)(H,32,36)/t18-,20+,26-,27+/m0/s1. The van der Waals surface area contributed by atoms with Crippen LogP contribution in [0.2, 0.25) is 0 Å². The molecule has 0 saturated heterocycles. The van der Waals surface area contributed by atoms with Crippen LogP contribution in [0, 0.1) is 11.8 Å². The molecule has 0 bridgehead atoms. The first-order chi connectivity index (χ1) is 18.8. The van der Waals surface area contributed by atoms with Gasteiger partial charge in [0.2, 0.25) is 5.91 Å². The van der Waals surface area contributed by atoms with Gasteiger partial charge in [-0.05, 0) is 37.1 Å². The van der Waals surface area contributed by atoms with Crippen molar-refractivity contribution in [3.8, 4) is 11.5 Å². The third kappa shape index (κ3) is 4.95. The lowest BCUT2D eigenvalue weighted by molar-refractivity contribution is -0.133. The van der Waals surface area contributed by atoms with Gasteiger partial charge < -0.3 is 25.3 Å². The monoisotopic (exact) mass is 534 g/mol. The highest BCUT2D eigenvalue weighted by molar-refractivity contribution is 6.00. The van der Waals surface area contributed by atoms with E-state index in [-0.39, 0.29) is 42.1 Å². The number of carbonyl (C=O) groups is 2. The number of ether oxygens (including phenoxy) is 3. The van der Waals surface area contributed by atoms with Crippen molar-refractivity contribution in [2.45, 2.75) is 57.7 Å². The van der Waals surface area contributed by atoms with Gasteiger partial charge in [-0.3, -0.25) is 14.5 Å². The van der Waals surface area contributed by atoms with Gasteiger partial charge in [0.1, 0.15) is 11.5 Å². The fraction of sp³-hybridized carbons (Fsp3) is 0.500. The van der Waals surface area contributed by atoms with Crippen LogP contribution in [-0.4, -0.2) is 55.1 Å². The molecule has 2 amide bonds. The molecule has 5 rings (SSSR count). The molecule has 0 unspecified atom stereocenters. The van der Waals surface area contributed by atoms with E-state index >= 15 is 0 Å². The lowest BCUT2D eigenvalue weighted by atomic mass is 9.84. The summed E-state index contributed by atoms with van der Waals surface area (Å²) in [5.74, 6) is 1.25. The number of fused-ring (bicyclic) bond motifs is 2. The molecule has 3 heterocycles. The summed E-state index contributed by atoms with van der Waals surface area (Å²) in [6, 6.07) is 12.5. The molecule has 208 valence electrons. The maximum absolute atomic E-state index is 13.6. The average Bonchev–Trinajstić information content (AvgIpc) is 2.94. The van der Waals surface area contributed by atoms with Crippen LogP contribution in [0.1, 0.15) is 73.6 Å². The van der Waals surface area contributed by atoms with Crippen molar-refractivity contribution >= 4 is 17.8 Å². The van der Waals surface area contributed by atoms with Crippen LogP contribution in [0.3, 0.4) is 0 Å². The normalized spacial score (nSPS) is 25.5. The Balaban J connectivity index is 1.49. The van der Waals surface area contributed by atoms with Gasteiger partial charge in [-0.25, -0.2) is 4.99 Å². The average molecular weight is 535 g/mol. The molecule has 4 atom stereocenters. The number of para-hydroxylation sites is 1. The zero-order valence-electron chi connectivity index (χ0n) is 23.1. The first-order valence-electron chi connectivity index (χ1n) is 13.8. The first-order valence-corrected chi connectivity index (χ1v) is 13.8. The SMILES string of the molecule is CCC1(CC)CC(=O)N([C@H]2c3cc(C(=O)N[C@@H]4c5ccccc5OC[C@@H]4C)ccc3OC[C@H]2COC)C(N)=N1. The number of hydrogen-bond acceptors (Lipinski definition) is 7. The highest BCUT2D eigenvalue weighted by Gasteiger charge is 2.45. The van der Waals surface area contributed by atoms with Crippen LogP contribution in [-0.2, 0) is 9.53 Å². The Morgan fingerprint density at radius 1 is 1.13 bits per heavy atom. The summed E-state index contributed by atoms with van der Waals surface area (Å²) in [7, 11) is 1.62. The van der Waals surface area contributed by atoms with E-state index in [1.54, 1.807) is 24.1 Å². The summed E-state index contributed by atoms with van der Waals surface area (Å²) < 4.78 is 17.4. The third-order valence-corrected chi connectivity index (χ3v) is 8.42. The van der Waals surface area contributed by atoms with Crippen molar-refractivity contribution in [2.24, 2.45) is 22.6 Å². The third-order valence-electron chi connectivity index (χ3n) is 8.42. The van der Waals surface area contributed by atoms with Crippen LogP contribution in [0.15, 0.2) is 47.5 Å². The Bertz CT molecular complexity index is 1270. The fourth-order valence-corrected chi connectivity index (χ4v) is 6.02. The molecule has 2 aromatic rings. The van der Waals surface area contributed by atoms with Crippen LogP contribution < -0.4 is 20.5 Å². The number of guanidine groups is 1. The lowest BCUT2D eigenvalue weighted by Crippen LogP contribution is -2.55. The quantitative estimate of drug-likeness (QED) is 0.555. The van der Waals surface area contributed by atoms with Crippen LogP contribution in [0.4, 0.5) is 0 Å². The van der Waals surface area contributed by atoms with Crippen molar-refractivity contribution in [1.82, 2.24) is 10.2 Å². The summed E-state index contributed by atoms with van der Waals surface area (Å²) in [4.78, 5) is 33.6. The van der Waals surface area contributed by atoms with E-state index in [0.717, 1.165) is 29.7 Å². The summed E-state index contributed by atoms with van der Waals surface area (Å²) in [6.45, 7) is 7.36. The highest BCUT2D eigenvalue weighted by atomic mass is 16.5. The topological polar surface area (TPSA) is 115 Å². The molecular formula is C30H38N4O5. The largest absolute Gasteiger partial charge is 0.493 e. The molecule has 3 aliphatic rings. The zero-order valence-corrected chi connectivity index (χ0v) is 23.1. The van der Waals surface area contributed by atoms with Gasteiger partial charge in [-0.15, -0.1) is 0 Å². The molecule has 0 spiro atoms. The Labute approximate surface area is 229 Å². The fourth-order valence-electron chi connectivity index (χ4n) is 6.02. The van der Waals surface area contributed by atoms with Gasteiger partial charge in [0, 0.05) is 35.6 Å². The maximum Gasteiger partial charge on any atom is 0.251 e. The van der Waals surface area contributed by atoms with Crippen LogP contribution in [0.5, 0.6) is 11.5 Å². The van der Waals surface area contributed by atoms with E-state index in [0.29, 0.717) is 31.1 Å². The van der Waals surface area contributed by atoms with E-state index in [9.17, 15) is 9.59 Å². The molecule has 0 saturated carbocycles. The van der Waals surface area contributed by atoms with E-state index in [4.69, 9.17) is 24.9 Å². The predicted molar refractivity (Wildman–Crippen MR) is 148 cm³/mol. The number of benzene rings is 2. The second kappa shape index (κ2) is 10.9. The molecule has 0 fully saturated rings. The van der Waals surface area contributed by atoms with Gasteiger partial charge in [0.25, 0.3) is 5.91 Å². The lowest BCUT2D eigenvalue weighted by Gasteiger charge is -2.44. The second-order valence-corrected chi connectivity index (χ2v) is 10.8. The molecular weight excluding hydrogens is 496 g/mol. The maximum atomic E-state index is 13.6. The highest BCUT2D eigenvalue weighted by Crippen LogP contribution is 2.43. The summed E-state index contributed by atoms with van der Waals surface area (Å²) >= 11 is 0. The van der Waals surface area contributed by atoms with Gasteiger partial charge in [0.15, 0.2) is 5.96 Å². The van der Waals surface area contributed by atoms with Crippen molar-refractivity contribution in [3.63, 3.8) is 0 Å². The minimum atomic E-state index is -0.485.